The normalized spacial score (nSPS) is 19.6. The molecule has 1 amide bonds. The number of aromatic nitrogens is 1. The molecule has 2 unspecified atom stereocenters. The minimum Gasteiger partial charge on any atom is -0.493 e. The molecule has 2 aromatic rings. The van der Waals surface area contributed by atoms with Crippen molar-refractivity contribution >= 4 is 5.91 Å². The van der Waals surface area contributed by atoms with Gasteiger partial charge < -0.3 is 19.3 Å². The lowest BCUT2D eigenvalue weighted by atomic mass is 9.86. The molecule has 2 atom stereocenters. The van der Waals surface area contributed by atoms with Crippen LogP contribution in [0.15, 0.2) is 22.7 Å². The summed E-state index contributed by atoms with van der Waals surface area (Å²) in [6, 6.07) is 5.52. The maximum atomic E-state index is 12.6. The average molecular weight is 372 g/mol. The molecular formula is C21H28N2O4. The quantitative estimate of drug-likeness (QED) is 0.823. The third-order valence-electron chi connectivity index (χ3n) is 5.41. The second-order valence-corrected chi connectivity index (χ2v) is 7.30. The number of benzene rings is 1. The van der Waals surface area contributed by atoms with Gasteiger partial charge in [0.05, 0.1) is 18.4 Å². The smallest absolute Gasteiger partial charge is 0.251 e. The molecule has 1 N–H and O–H groups in total. The highest BCUT2D eigenvalue weighted by molar-refractivity contribution is 5.95. The molecule has 1 aliphatic carbocycles. The molecule has 0 saturated heterocycles. The van der Waals surface area contributed by atoms with Crippen molar-refractivity contribution in [2.45, 2.75) is 59.1 Å². The van der Waals surface area contributed by atoms with Crippen LogP contribution in [-0.4, -0.2) is 24.2 Å². The number of nitrogens with zero attached hydrogens (tertiary/aromatic N) is 1. The number of ether oxygens (including phenoxy) is 2. The Balaban J connectivity index is 1.69. The Kier molecular flexibility index (Phi) is 6.04. The molecule has 6 heteroatoms. The Labute approximate surface area is 160 Å². The number of carbonyl (C=O) groups excluding carboxylic acids is 1. The van der Waals surface area contributed by atoms with Gasteiger partial charge in [0.1, 0.15) is 12.4 Å². The number of hydrogen-bond donors (Lipinski definition) is 1. The molecule has 0 aliphatic heterocycles. The van der Waals surface area contributed by atoms with Crippen molar-refractivity contribution in [2.24, 2.45) is 5.92 Å². The van der Waals surface area contributed by atoms with E-state index in [0.29, 0.717) is 29.6 Å². The van der Waals surface area contributed by atoms with Crippen molar-refractivity contribution in [2.75, 3.05) is 7.11 Å². The summed E-state index contributed by atoms with van der Waals surface area (Å²) in [5.41, 5.74) is 2.31. The lowest BCUT2D eigenvalue weighted by molar-refractivity contribution is 0.0910. The van der Waals surface area contributed by atoms with Crippen LogP contribution in [-0.2, 0) is 6.61 Å². The van der Waals surface area contributed by atoms with Gasteiger partial charge >= 0.3 is 0 Å². The lowest BCUT2D eigenvalue weighted by Crippen LogP contribution is -2.41. The summed E-state index contributed by atoms with van der Waals surface area (Å²) < 4.78 is 16.5. The van der Waals surface area contributed by atoms with Gasteiger partial charge in [0.15, 0.2) is 11.5 Å². The fourth-order valence-electron chi connectivity index (χ4n) is 3.57. The van der Waals surface area contributed by atoms with E-state index >= 15 is 0 Å². The molecule has 6 nitrogen and oxygen atoms in total. The van der Waals surface area contributed by atoms with Gasteiger partial charge in [-0.15, -0.1) is 0 Å². The maximum Gasteiger partial charge on any atom is 0.251 e. The molecule has 1 heterocycles. The predicted molar refractivity (Wildman–Crippen MR) is 102 cm³/mol. The summed E-state index contributed by atoms with van der Waals surface area (Å²) in [4.78, 5) is 12.6. The fourth-order valence-corrected chi connectivity index (χ4v) is 3.57. The molecular weight excluding hydrogens is 344 g/mol. The maximum absolute atomic E-state index is 12.6. The first-order valence-electron chi connectivity index (χ1n) is 9.53. The van der Waals surface area contributed by atoms with Crippen molar-refractivity contribution in [1.29, 1.82) is 0 Å². The number of amides is 1. The fraction of sp³-hybridized carbons (Fsp3) is 0.524. The summed E-state index contributed by atoms with van der Waals surface area (Å²) in [5.74, 6) is 2.31. The molecule has 1 saturated carbocycles. The molecule has 0 spiro atoms. The van der Waals surface area contributed by atoms with E-state index in [4.69, 9.17) is 14.0 Å². The van der Waals surface area contributed by atoms with Crippen molar-refractivity contribution < 1.29 is 18.8 Å². The monoisotopic (exact) mass is 372 g/mol. The van der Waals surface area contributed by atoms with Gasteiger partial charge in [0.2, 0.25) is 0 Å². The van der Waals surface area contributed by atoms with Crippen LogP contribution in [0.3, 0.4) is 0 Å². The molecule has 0 bridgehead atoms. The number of hydrogen-bond acceptors (Lipinski definition) is 5. The second kappa shape index (κ2) is 8.46. The van der Waals surface area contributed by atoms with Crippen LogP contribution in [0.4, 0.5) is 0 Å². The van der Waals surface area contributed by atoms with E-state index in [-0.39, 0.29) is 11.9 Å². The highest BCUT2D eigenvalue weighted by atomic mass is 16.5. The van der Waals surface area contributed by atoms with Crippen LogP contribution in [0.5, 0.6) is 11.5 Å². The summed E-state index contributed by atoms with van der Waals surface area (Å²) >= 11 is 0. The summed E-state index contributed by atoms with van der Waals surface area (Å²) in [7, 11) is 1.57. The Hall–Kier alpha value is -2.50. The van der Waals surface area contributed by atoms with Gasteiger partial charge in [0, 0.05) is 11.6 Å². The van der Waals surface area contributed by atoms with Crippen molar-refractivity contribution in [3.05, 3.63) is 40.8 Å². The van der Waals surface area contributed by atoms with E-state index in [0.717, 1.165) is 23.4 Å². The number of nitrogens with one attached hydrogen (secondary N) is 1. The molecule has 1 aromatic heterocycles. The zero-order valence-corrected chi connectivity index (χ0v) is 16.5. The average Bonchev–Trinajstić information content (AvgIpc) is 2.99. The van der Waals surface area contributed by atoms with Crippen LogP contribution >= 0.6 is 0 Å². The first-order chi connectivity index (χ1) is 13.0. The van der Waals surface area contributed by atoms with Crippen LogP contribution in [0, 0.1) is 19.8 Å². The van der Waals surface area contributed by atoms with Crippen molar-refractivity contribution in [1.82, 2.24) is 10.5 Å². The minimum absolute atomic E-state index is 0.0654. The first kappa shape index (κ1) is 19.3. The Morgan fingerprint density at radius 3 is 2.70 bits per heavy atom. The number of carbonyl (C=O) groups is 1. The second-order valence-electron chi connectivity index (χ2n) is 7.30. The zero-order chi connectivity index (χ0) is 19.4. The number of rotatable bonds is 6. The molecule has 0 radical (unpaired) electrons. The molecule has 1 aliphatic rings. The highest BCUT2D eigenvalue weighted by Crippen LogP contribution is 2.30. The zero-order valence-electron chi connectivity index (χ0n) is 16.5. The van der Waals surface area contributed by atoms with E-state index in [1.54, 1.807) is 25.3 Å². The number of aryl methyl sites for hydroxylation is 2. The van der Waals surface area contributed by atoms with Gasteiger partial charge in [-0.05, 0) is 50.8 Å². The van der Waals surface area contributed by atoms with Gasteiger partial charge in [-0.3, -0.25) is 4.79 Å². The first-order valence-corrected chi connectivity index (χ1v) is 9.53. The van der Waals surface area contributed by atoms with Crippen LogP contribution in [0.1, 0.15) is 60.0 Å². The molecule has 3 rings (SSSR count). The molecule has 27 heavy (non-hydrogen) atoms. The lowest BCUT2D eigenvalue weighted by Gasteiger charge is -2.29. The Morgan fingerprint density at radius 2 is 2.04 bits per heavy atom. The third-order valence-corrected chi connectivity index (χ3v) is 5.41. The summed E-state index contributed by atoms with van der Waals surface area (Å²) in [5, 5.41) is 7.10. The van der Waals surface area contributed by atoms with Crippen LogP contribution in [0.25, 0.3) is 0 Å². The minimum atomic E-state index is -0.0654. The van der Waals surface area contributed by atoms with Crippen LogP contribution in [0.2, 0.25) is 0 Å². The predicted octanol–water partition coefficient (Wildman–Crippen LogP) is 4.19. The molecule has 1 fully saturated rings. The van der Waals surface area contributed by atoms with E-state index in [9.17, 15) is 4.79 Å². The van der Waals surface area contributed by atoms with Crippen LogP contribution < -0.4 is 14.8 Å². The number of methoxy groups -OCH3 is 1. The Morgan fingerprint density at radius 1 is 1.26 bits per heavy atom. The molecule has 146 valence electrons. The third kappa shape index (κ3) is 4.43. The van der Waals surface area contributed by atoms with Gasteiger partial charge in [0.25, 0.3) is 5.91 Å². The SMILES string of the molecule is COc1cc(C(=O)NC2CCCCC2C)ccc1OCc1c(C)noc1C. The van der Waals surface area contributed by atoms with Gasteiger partial charge in [-0.2, -0.15) is 0 Å². The van der Waals surface area contributed by atoms with Crippen molar-refractivity contribution in [3.8, 4) is 11.5 Å². The summed E-state index contributed by atoms with van der Waals surface area (Å²) in [6.07, 6.45) is 4.64. The molecule has 1 aromatic carbocycles. The van der Waals surface area contributed by atoms with Crippen molar-refractivity contribution in [3.63, 3.8) is 0 Å². The van der Waals surface area contributed by atoms with E-state index in [1.165, 1.54) is 19.3 Å². The van der Waals surface area contributed by atoms with Gasteiger partial charge in [-0.1, -0.05) is 24.9 Å². The van der Waals surface area contributed by atoms with E-state index in [2.05, 4.69) is 17.4 Å². The van der Waals surface area contributed by atoms with E-state index < -0.39 is 0 Å². The summed E-state index contributed by atoms with van der Waals surface area (Å²) in [6.45, 7) is 6.28. The largest absolute Gasteiger partial charge is 0.493 e. The standard InChI is InChI=1S/C21H28N2O4/c1-13-7-5-6-8-18(13)22-21(24)16-9-10-19(20(11-16)25-4)26-12-17-14(2)23-27-15(17)3/h9-11,13,18H,5-8,12H2,1-4H3,(H,22,24). The highest BCUT2D eigenvalue weighted by Gasteiger charge is 2.23. The van der Waals surface area contributed by atoms with E-state index in [1.807, 2.05) is 13.8 Å². The Bertz CT molecular complexity index is 780. The van der Waals surface area contributed by atoms with Gasteiger partial charge in [-0.25, -0.2) is 0 Å². The topological polar surface area (TPSA) is 73.6 Å².